The normalized spacial score (nSPS) is 12.4. The van der Waals surface area contributed by atoms with Crippen LogP contribution >= 0.6 is 11.3 Å². The molecule has 8 heteroatoms. The average Bonchev–Trinajstić information content (AvgIpc) is 3.12. The zero-order chi connectivity index (χ0) is 15.8. The van der Waals surface area contributed by atoms with Gasteiger partial charge >= 0.3 is 6.03 Å². The number of ether oxygens (including phenoxy) is 2. The molecular formula is C15H10FN3O3S. The highest BCUT2D eigenvalue weighted by Gasteiger charge is 2.17. The molecule has 1 aliphatic heterocycles. The third-order valence-corrected chi connectivity index (χ3v) is 4.14. The van der Waals surface area contributed by atoms with E-state index >= 15 is 0 Å². The van der Waals surface area contributed by atoms with Crippen LogP contribution in [0.3, 0.4) is 0 Å². The maximum absolute atomic E-state index is 12.8. The largest absolute Gasteiger partial charge is 0.454 e. The standard InChI is InChI=1S/C15H10FN3O3S/c16-8-1-3-9(4-2-8)17-14(20)19-15-18-10-5-11-12(22-7-21-11)6-13(10)23-15/h1-6H,7H2,(H2,17,18,19,20). The summed E-state index contributed by atoms with van der Waals surface area (Å²) in [5, 5.41) is 5.71. The van der Waals surface area contributed by atoms with Crippen molar-refractivity contribution in [3.63, 3.8) is 0 Å². The quantitative estimate of drug-likeness (QED) is 0.749. The number of rotatable bonds is 2. The van der Waals surface area contributed by atoms with E-state index in [0.717, 1.165) is 10.2 Å². The van der Waals surface area contributed by atoms with Crippen LogP contribution in [0.1, 0.15) is 0 Å². The topological polar surface area (TPSA) is 72.5 Å². The number of anilines is 2. The van der Waals surface area contributed by atoms with Crippen LogP contribution in [0, 0.1) is 5.82 Å². The Hall–Kier alpha value is -2.87. The molecule has 0 saturated heterocycles. The first-order valence-corrected chi connectivity index (χ1v) is 7.53. The van der Waals surface area contributed by atoms with Gasteiger partial charge in [0, 0.05) is 17.8 Å². The van der Waals surface area contributed by atoms with Gasteiger partial charge in [0.15, 0.2) is 16.6 Å². The van der Waals surface area contributed by atoms with Gasteiger partial charge in [-0.05, 0) is 24.3 Å². The van der Waals surface area contributed by atoms with Crippen LogP contribution in [-0.2, 0) is 0 Å². The second kappa shape index (κ2) is 5.40. The first-order valence-electron chi connectivity index (χ1n) is 6.71. The van der Waals surface area contributed by atoms with Crippen LogP contribution in [0.15, 0.2) is 36.4 Å². The van der Waals surface area contributed by atoms with E-state index in [1.54, 1.807) is 6.07 Å². The number of thiazole rings is 1. The molecule has 1 aliphatic rings. The molecule has 6 nitrogen and oxygen atoms in total. The Labute approximate surface area is 133 Å². The minimum atomic E-state index is -0.448. The van der Waals surface area contributed by atoms with Crippen LogP contribution in [0.25, 0.3) is 10.2 Å². The van der Waals surface area contributed by atoms with Crippen LogP contribution in [0.5, 0.6) is 11.5 Å². The van der Waals surface area contributed by atoms with Gasteiger partial charge in [-0.2, -0.15) is 0 Å². The van der Waals surface area contributed by atoms with Gasteiger partial charge in [0.1, 0.15) is 5.82 Å². The van der Waals surface area contributed by atoms with Crippen LogP contribution in [-0.4, -0.2) is 17.8 Å². The highest BCUT2D eigenvalue weighted by Crippen LogP contribution is 2.38. The van der Waals surface area contributed by atoms with Gasteiger partial charge in [-0.25, -0.2) is 14.2 Å². The molecule has 2 amide bonds. The van der Waals surface area contributed by atoms with Crippen molar-refractivity contribution < 1.29 is 18.7 Å². The lowest BCUT2D eigenvalue weighted by molar-refractivity contribution is 0.174. The van der Waals surface area contributed by atoms with Gasteiger partial charge in [0.2, 0.25) is 6.79 Å². The number of carbonyl (C=O) groups excluding carboxylic acids is 1. The molecule has 0 fully saturated rings. The summed E-state index contributed by atoms with van der Waals surface area (Å²) in [6, 6.07) is 8.66. The zero-order valence-electron chi connectivity index (χ0n) is 11.6. The second-order valence-corrected chi connectivity index (χ2v) is 5.81. The molecule has 2 aromatic carbocycles. The molecule has 1 aromatic heterocycles. The number of halogens is 1. The Balaban J connectivity index is 1.51. The lowest BCUT2D eigenvalue weighted by atomic mass is 10.3. The first-order chi connectivity index (χ1) is 11.2. The molecule has 116 valence electrons. The van der Waals surface area contributed by atoms with Gasteiger partial charge in [-0.3, -0.25) is 5.32 Å². The number of aromatic nitrogens is 1. The van der Waals surface area contributed by atoms with Crippen LogP contribution in [0.2, 0.25) is 0 Å². The third-order valence-electron chi connectivity index (χ3n) is 3.21. The van der Waals surface area contributed by atoms with E-state index in [-0.39, 0.29) is 12.6 Å². The molecule has 2 N–H and O–H groups in total. The number of benzene rings is 2. The summed E-state index contributed by atoms with van der Waals surface area (Å²) < 4.78 is 24.3. The van der Waals surface area contributed by atoms with Crippen molar-refractivity contribution in [2.24, 2.45) is 0 Å². The molecule has 0 aliphatic carbocycles. The van der Waals surface area contributed by atoms with Crippen molar-refractivity contribution in [1.82, 2.24) is 4.98 Å². The van der Waals surface area contributed by atoms with Crippen molar-refractivity contribution in [2.75, 3.05) is 17.4 Å². The molecule has 0 bridgehead atoms. The summed E-state index contributed by atoms with van der Waals surface area (Å²) in [5.74, 6) is 0.952. The molecule has 0 atom stereocenters. The zero-order valence-corrected chi connectivity index (χ0v) is 12.4. The van der Waals surface area contributed by atoms with E-state index in [0.29, 0.717) is 22.3 Å². The first kappa shape index (κ1) is 13.8. The Morgan fingerprint density at radius 3 is 2.65 bits per heavy atom. The number of carbonyl (C=O) groups is 1. The van der Waals surface area contributed by atoms with Crippen LogP contribution in [0.4, 0.5) is 20.0 Å². The van der Waals surface area contributed by atoms with Gasteiger partial charge in [-0.1, -0.05) is 11.3 Å². The number of nitrogens with one attached hydrogen (secondary N) is 2. The van der Waals surface area contributed by atoms with Gasteiger partial charge < -0.3 is 14.8 Å². The van der Waals surface area contributed by atoms with Crippen molar-refractivity contribution in [3.8, 4) is 11.5 Å². The number of nitrogens with zero attached hydrogens (tertiary/aromatic N) is 1. The molecular weight excluding hydrogens is 321 g/mol. The second-order valence-electron chi connectivity index (χ2n) is 4.78. The SMILES string of the molecule is O=C(Nc1ccc(F)cc1)Nc1nc2cc3c(cc2s1)OCO3. The fraction of sp³-hybridized carbons (Fsp3) is 0.0667. The summed E-state index contributed by atoms with van der Waals surface area (Å²) in [6.45, 7) is 0.206. The van der Waals surface area contributed by atoms with E-state index < -0.39 is 6.03 Å². The smallest absolute Gasteiger partial charge is 0.325 e. The average molecular weight is 331 g/mol. The van der Waals surface area contributed by atoms with E-state index in [9.17, 15) is 9.18 Å². The van der Waals surface area contributed by atoms with Crippen molar-refractivity contribution in [1.29, 1.82) is 0 Å². The Morgan fingerprint density at radius 1 is 1.13 bits per heavy atom. The Bertz CT molecular complexity index is 854. The molecule has 23 heavy (non-hydrogen) atoms. The number of hydrogen-bond donors (Lipinski definition) is 2. The number of hydrogen-bond acceptors (Lipinski definition) is 5. The van der Waals surface area contributed by atoms with E-state index in [1.165, 1.54) is 35.6 Å². The molecule has 2 heterocycles. The monoisotopic (exact) mass is 331 g/mol. The Morgan fingerprint density at radius 2 is 1.87 bits per heavy atom. The fourth-order valence-electron chi connectivity index (χ4n) is 2.16. The molecule has 0 saturated carbocycles. The van der Waals surface area contributed by atoms with Gasteiger partial charge in [-0.15, -0.1) is 0 Å². The predicted molar refractivity (Wildman–Crippen MR) is 84.8 cm³/mol. The van der Waals surface area contributed by atoms with Crippen molar-refractivity contribution in [3.05, 3.63) is 42.2 Å². The fourth-order valence-corrected chi connectivity index (χ4v) is 3.04. The number of urea groups is 1. The van der Waals surface area contributed by atoms with E-state index in [1.807, 2.05) is 6.07 Å². The van der Waals surface area contributed by atoms with Crippen molar-refractivity contribution in [2.45, 2.75) is 0 Å². The Kier molecular flexibility index (Phi) is 3.23. The minimum Gasteiger partial charge on any atom is -0.454 e. The van der Waals surface area contributed by atoms with Crippen molar-refractivity contribution >= 4 is 38.4 Å². The van der Waals surface area contributed by atoms with E-state index in [4.69, 9.17) is 9.47 Å². The van der Waals surface area contributed by atoms with Gasteiger partial charge in [0.25, 0.3) is 0 Å². The maximum atomic E-state index is 12.8. The lowest BCUT2D eigenvalue weighted by Crippen LogP contribution is -2.19. The summed E-state index contributed by atoms with van der Waals surface area (Å²) >= 11 is 1.33. The molecule has 4 rings (SSSR count). The number of amides is 2. The van der Waals surface area contributed by atoms with E-state index in [2.05, 4.69) is 15.6 Å². The molecule has 3 aromatic rings. The van der Waals surface area contributed by atoms with Crippen LogP contribution < -0.4 is 20.1 Å². The summed E-state index contributed by atoms with van der Waals surface area (Å²) in [4.78, 5) is 16.3. The molecule has 0 radical (unpaired) electrons. The molecule has 0 unspecified atom stereocenters. The molecule has 0 spiro atoms. The minimum absolute atomic E-state index is 0.206. The summed E-state index contributed by atoms with van der Waals surface area (Å²) in [5.41, 5.74) is 1.21. The highest BCUT2D eigenvalue weighted by atomic mass is 32.1. The maximum Gasteiger partial charge on any atom is 0.325 e. The predicted octanol–water partition coefficient (Wildman–Crippen LogP) is 3.81. The summed E-state index contributed by atoms with van der Waals surface area (Å²) in [7, 11) is 0. The highest BCUT2D eigenvalue weighted by molar-refractivity contribution is 7.22. The lowest BCUT2D eigenvalue weighted by Gasteiger charge is -2.04. The summed E-state index contributed by atoms with van der Waals surface area (Å²) in [6.07, 6.45) is 0. The number of fused-ring (bicyclic) bond motifs is 2. The van der Waals surface area contributed by atoms with Gasteiger partial charge in [0.05, 0.1) is 10.2 Å². The third kappa shape index (κ3) is 2.76.